The van der Waals surface area contributed by atoms with Gasteiger partial charge in [0.2, 0.25) is 0 Å². The van der Waals surface area contributed by atoms with E-state index in [0.29, 0.717) is 5.56 Å². The van der Waals surface area contributed by atoms with Crippen molar-refractivity contribution in [3.05, 3.63) is 34.3 Å². The van der Waals surface area contributed by atoms with Gasteiger partial charge in [-0.15, -0.1) is 0 Å². The van der Waals surface area contributed by atoms with Crippen LogP contribution in [-0.4, -0.2) is 17.9 Å². The van der Waals surface area contributed by atoms with Crippen molar-refractivity contribution in [2.24, 2.45) is 5.92 Å². The second-order valence-corrected chi connectivity index (χ2v) is 4.94. The molecule has 1 amide bonds. The average Bonchev–Trinajstić information content (AvgIpc) is 2.25. The monoisotopic (exact) mass is 298 g/mol. The van der Waals surface area contributed by atoms with Gasteiger partial charge in [0.1, 0.15) is 0 Å². The molecular weight excluding hydrogens is 286 g/mol. The van der Waals surface area contributed by atoms with Crippen LogP contribution in [-0.2, 0) is 4.79 Å². The van der Waals surface area contributed by atoms with Crippen LogP contribution in [0.2, 0.25) is 0 Å². The molecule has 0 unspecified atom stereocenters. The summed E-state index contributed by atoms with van der Waals surface area (Å²) in [5.41, 5.74) is 0.417. The molecule has 0 aliphatic carbocycles. The normalized spacial score (nSPS) is 12.2. The van der Waals surface area contributed by atoms with E-state index in [4.69, 9.17) is 0 Å². The molecule has 0 aromatic heterocycles. The maximum absolute atomic E-state index is 11.8. The Kier molecular flexibility index (Phi) is 4.69. The lowest BCUT2D eigenvalue weighted by Gasteiger charge is -2.23. The van der Waals surface area contributed by atoms with Crippen molar-refractivity contribution in [1.82, 2.24) is 5.32 Å². The zero-order valence-electron chi connectivity index (χ0n) is 9.57. The van der Waals surface area contributed by atoms with E-state index in [1.807, 2.05) is 0 Å². The smallest absolute Gasteiger partial charge is 0.251 e. The summed E-state index contributed by atoms with van der Waals surface area (Å²) < 4.78 is 0.856. The van der Waals surface area contributed by atoms with Crippen LogP contribution in [0.5, 0.6) is 0 Å². The van der Waals surface area contributed by atoms with E-state index in [0.717, 1.165) is 4.47 Å². The molecular formula is C12H13BrNO3-. The first-order valence-corrected chi connectivity index (χ1v) is 5.98. The van der Waals surface area contributed by atoms with Crippen molar-refractivity contribution in [2.45, 2.75) is 19.9 Å². The number of carbonyl (C=O) groups excluding carboxylic acids is 2. The Balaban J connectivity index is 2.77. The fourth-order valence-corrected chi connectivity index (χ4v) is 1.59. The fourth-order valence-electron chi connectivity index (χ4n) is 1.32. The molecule has 1 atom stereocenters. The minimum absolute atomic E-state index is 0.223. The van der Waals surface area contributed by atoms with Crippen LogP contribution in [0.25, 0.3) is 0 Å². The van der Waals surface area contributed by atoms with E-state index in [-0.39, 0.29) is 5.92 Å². The van der Waals surface area contributed by atoms with Crippen LogP contribution in [0.1, 0.15) is 24.2 Å². The quantitative estimate of drug-likeness (QED) is 0.900. The van der Waals surface area contributed by atoms with Crippen molar-refractivity contribution in [2.75, 3.05) is 0 Å². The molecule has 0 radical (unpaired) electrons. The Hall–Kier alpha value is -1.36. The summed E-state index contributed by atoms with van der Waals surface area (Å²) in [5, 5.41) is 13.3. The van der Waals surface area contributed by atoms with E-state index in [2.05, 4.69) is 21.2 Å². The van der Waals surface area contributed by atoms with Gasteiger partial charge in [-0.25, -0.2) is 0 Å². The number of rotatable bonds is 4. The third kappa shape index (κ3) is 3.85. The summed E-state index contributed by atoms with van der Waals surface area (Å²) in [5.74, 6) is -1.91. The highest BCUT2D eigenvalue weighted by Gasteiger charge is 2.17. The number of halogens is 1. The minimum atomic E-state index is -1.27. The molecule has 92 valence electrons. The van der Waals surface area contributed by atoms with Crippen molar-refractivity contribution in [3.63, 3.8) is 0 Å². The van der Waals surface area contributed by atoms with Gasteiger partial charge >= 0.3 is 0 Å². The lowest BCUT2D eigenvalue weighted by atomic mass is 10.0. The molecule has 0 heterocycles. The van der Waals surface area contributed by atoms with Crippen molar-refractivity contribution < 1.29 is 14.7 Å². The Morgan fingerprint density at radius 3 is 2.18 bits per heavy atom. The Morgan fingerprint density at radius 2 is 1.76 bits per heavy atom. The first-order valence-electron chi connectivity index (χ1n) is 5.19. The standard InChI is InChI=1S/C12H14BrNO3/c1-7(2)10(12(16)17)14-11(15)8-3-5-9(13)6-4-8/h3-7,10H,1-2H3,(H,14,15)(H,16,17)/p-1/t10-/m0/s1. The van der Waals surface area contributed by atoms with Gasteiger partial charge in [0.05, 0.1) is 12.0 Å². The number of carbonyl (C=O) groups is 2. The van der Waals surface area contributed by atoms with Crippen LogP contribution in [0.15, 0.2) is 28.7 Å². The summed E-state index contributed by atoms with van der Waals surface area (Å²) in [6, 6.07) is 5.69. The second kappa shape index (κ2) is 5.82. The first kappa shape index (κ1) is 13.7. The van der Waals surface area contributed by atoms with Gasteiger partial charge in [0, 0.05) is 10.0 Å². The number of benzene rings is 1. The summed E-state index contributed by atoms with van der Waals surface area (Å²) in [7, 11) is 0. The third-order valence-corrected chi connectivity index (χ3v) is 2.84. The number of carboxylic acid groups (broad SMARTS) is 1. The average molecular weight is 299 g/mol. The van der Waals surface area contributed by atoms with E-state index in [1.165, 1.54) is 0 Å². The van der Waals surface area contributed by atoms with Crippen LogP contribution in [0.3, 0.4) is 0 Å². The Labute approximate surface area is 108 Å². The predicted octanol–water partition coefficient (Wildman–Crippen LogP) is 0.953. The SMILES string of the molecule is CC(C)[C@H](NC(=O)c1ccc(Br)cc1)C(=O)[O-]. The largest absolute Gasteiger partial charge is 0.548 e. The van der Waals surface area contributed by atoms with E-state index >= 15 is 0 Å². The summed E-state index contributed by atoms with van der Waals surface area (Å²) in [6.45, 7) is 3.42. The molecule has 1 N–H and O–H groups in total. The zero-order chi connectivity index (χ0) is 13.0. The summed E-state index contributed by atoms with van der Waals surface area (Å²) in [4.78, 5) is 22.6. The number of hydrogen-bond donors (Lipinski definition) is 1. The lowest BCUT2D eigenvalue weighted by molar-refractivity contribution is -0.309. The number of carboxylic acids is 1. The Bertz CT molecular complexity index is 414. The number of amides is 1. The van der Waals surface area contributed by atoms with Gasteiger partial charge in [0.15, 0.2) is 0 Å². The molecule has 1 rings (SSSR count). The number of hydrogen-bond acceptors (Lipinski definition) is 3. The predicted molar refractivity (Wildman–Crippen MR) is 65.2 cm³/mol. The van der Waals surface area contributed by atoms with Crippen LogP contribution >= 0.6 is 15.9 Å². The number of aliphatic carboxylic acids is 1. The fraction of sp³-hybridized carbons (Fsp3) is 0.333. The van der Waals surface area contributed by atoms with Crippen molar-refractivity contribution >= 4 is 27.8 Å². The van der Waals surface area contributed by atoms with Crippen molar-refractivity contribution in [1.29, 1.82) is 0 Å². The van der Waals surface area contributed by atoms with Gasteiger partial charge < -0.3 is 15.2 Å². The highest BCUT2D eigenvalue weighted by Crippen LogP contribution is 2.11. The van der Waals surface area contributed by atoms with Gasteiger partial charge in [-0.2, -0.15) is 0 Å². The Morgan fingerprint density at radius 1 is 1.24 bits per heavy atom. The van der Waals surface area contributed by atoms with Crippen LogP contribution < -0.4 is 10.4 Å². The van der Waals surface area contributed by atoms with Gasteiger partial charge in [0.25, 0.3) is 5.91 Å². The topological polar surface area (TPSA) is 69.2 Å². The van der Waals surface area contributed by atoms with Crippen LogP contribution in [0.4, 0.5) is 0 Å². The van der Waals surface area contributed by atoms with Crippen LogP contribution in [0, 0.1) is 5.92 Å². The molecule has 0 bridgehead atoms. The van der Waals surface area contributed by atoms with E-state index in [9.17, 15) is 14.7 Å². The summed E-state index contributed by atoms with van der Waals surface area (Å²) in [6.07, 6.45) is 0. The van der Waals surface area contributed by atoms with Gasteiger partial charge in [-0.3, -0.25) is 4.79 Å². The molecule has 0 aliphatic rings. The third-order valence-electron chi connectivity index (χ3n) is 2.31. The molecule has 0 fully saturated rings. The molecule has 0 spiro atoms. The molecule has 1 aromatic carbocycles. The number of nitrogens with one attached hydrogen (secondary N) is 1. The molecule has 5 heteroatoms. The first-order chi connectivity index (χ1) is 7.91. The molecule has 4 nitrogen and oxygen atoms in total. The summed E-state index contributed by atoms with van der Waals surface area (Å²) >= 11 is 3.26. The highest BCUT2D eigenvalue weighted by atomic mass is 79.9. The molecule has 1 aromatic rings. The highest BCUT2D eigenvalue weighted by molar-refractivity contribution is 9.10. The molecule has 0 saturated heterocycles. The minimum Gasteiger partial charge on any atom is -0.548 e. The van der Waals surface area contributed by atoms with E-state index in [1.54, 1.807) is 38.1 Å². The van der Waals surface area contributed by atoms with Gasteiger partial charge in [-0.1, -0.05) is 29.8 Å². The van der Waals surface area contributed by atoms with E-state index < -0.39 is 17.9 Å². The molecule has 17 heavy (non-hydrogen) atoms. The lowest BCUT2D eigenvalue weighted by Crippen LogP contribution is -2.50. The van der Waals surface area contributed by atoms with Gasteiger partial charge in [-0.05, 0) is 30.2 Å². The molecule has 0 aliphatic heterocycles. The molecule has 0 saturated carbocycles. The second-order valence-electron chi connectivity index (χ2n) is 4.02. The van der Waals surface area contributed by atoms with Crippen molar-refractivity contribution in [3.8, 4) is 0 Å². The zero-order valence-corrected chi connectivity index (χ0v) is 11.2. The maximum atomic E-state index is 11.8. The maximum Gasteiger partial charge on any atom is 0.251 e.